The lowest BCUT2D eigenvalue weighted by Crippen LogP contribution is -2.16. The van der Waals surface area contributed by atoms with E-state index in [1.807, 2.05) is 20.8 Å². The Hall–Kier alpha value is -0.0900. The third-order valence-corrected chi connectivity index (χ3v) is 2.41. The Kier molecular flexibility index (Phi) is 3.51. The van der Waals surface area contributed by atoms with Crippen LogP contribution in [0.5, 0.6) is 0 Å². The Balaban J connectivity index is 4.54. The van der Waals surface area contributed by atoms with Crippen LogP contribution >= 0.6 is 0 Å². The van der Waals surface area contributed by atoms with Crippen LogP contribution in [-0.4, -0.2) is 29.1 Å². The second-order valence-corrected chi connectivity index (χ2v) is 5.97. The molecule has 0 heterocycles. The van der Waals surface area contributed by atoms with Gasteiger partial charge in [0.1, 0.15) is 5.94 Å². The van der Waals surface area contributed by atoms with Crippen LogP contribution in [-0.2, 0) is 14.5 Å². The van der Waals surface area contributed by atoms with Gasteiger partial charge in [0, 0.05) is 13.4 Å². The van der Waals surface area contributed by atoms with Crippen molar-refractivity contribution in [1.82, 2.24) is 0 Å². The fourth-order valence-electron chi connectivity index (χ4n) is 0.824. The third-order valence-electron chi connectivity index (χ3n) is 0.803. The van der Waals surface area contributed by atoms with Gasteiger partial charge in [-0.15, -0.1) is 0 Å². The van der Waals surface area contributed by atoms with Gasteiger partial charge in [0.2, 0.25) is 0 Å². The smallest absolute Gasteiger partial charge is 0.129 e. The molecule has 0 rings (SSSR count). The highest BCUT2D eigenvalue weighted by molar-refractivity contribution is 7.92. The van der Waals surface area contributed by atoms with Crippen molar-refractivity contribution in [3.8, 4) is 0 Å². The summed E-state index contributed by atoms with van der Waals surface area (Å²) in [4.78, 5) is 0. The van der Waals surface area contributed by atoms with Crippen LogP contribution in [0.1, 0.15) is 20.8 Å². The zero-order chi connectivity index (χ0) is 9.12. The first-order chi connectivity index (χ1) is 4.77. The molecule has 0 saturated carbocycles. The summed E-state index contributed by atoms with van der Waals surface area (Å²) in [5.41, 5.74) is -0.246. The van der Waals surface area contributed by atoms with Gasteiger partial charge in [-0.1, -0.05) is 0 Å². The topological polar surface area (TPSA) is 38.7 Å². The average Bonchev–Trinajstić information content (AvgIpc) is 1.55. The highest BCUT2D eigenvalue weighted by Crippen LogP contribution is 2.09. The number of hydrogen-bond acceptors (Lipinski definition) is 3. The Morgan fingerprint density at radius 3 is 2.18 bits per heavy atom. The fourth-order valence-corrected chi connectivity index (χ4v) is 2.47. The molecular weight excluding hydrogens is 162 g/mol. The van der Waals surface area contributed by atoms with Crippen molar-refractivity contribution in [3.63, 3.8) is 0 Å². The summed E-state index contributed by atoms with van der Waals surface area (Å²) < 4.78 is 20.4. The number of methoxy groups -OCH3 is 1. The van der Waals surface area contributed by atoms with Crippen molar-refractivity contribution in [3.05, 3.63) is 0 Å². The molecule has 0 aromatic carbocycles. The van der Waals surface area contributed by atoms with Crippen molar-refractivity contribution in [2.24, 2.45) is 4.36 Å². The number of hydrogen-bond donors (Lipinski definition) is 0. The molecule has 0 aromatic heterocycles. The minimum atomic E-state index is -2.14. The minimum Gasteiger partial charge on any atom is -0.371 e. The molecule has 0 amide bonds. The maximum absolute atomic E-state index is 11.5. The van der Waals surface area contributed by atoms with Crippen LogP contribution in [0.15, 0.2) is 4.36 Å². The standard InChI is InChI=1S/C7H17NO2S/c1-7(2,3)8-11(5,9)6-10-4/h6H2,1-5H3. The molecular formula is C7H17NO2S. The van der Waals surface area contributed by atoms with E-state index in [2.05, 4.69) is 4.36 Å². The van der Waals surface area contributed by atoms with E-state index in [-0.39, 0.29) is 11.5 Å². The lowest BCUT2D eigenvalue weighted by Gasteiger charge is -2.14. The third kappa shape index (κ3) is 6.31. The van der Waals surface area contributed by atoms with Gasteiger partial charge in [0.15, 0.2) is 0 Å². The van der Waals surface area contributed by atoms with E-state index in [1.54, 1.807) is 6.26 Å². The first-order valence-corrected chi connectivity index (χ1v) is 5.56. The monoisotopic (exact) mass is 179 g/mol. The quantitative estimate of drug-likeness (QED) is 0.644. The molecule has 0 aliphatic rings. The Morgan fingerprint density at radius 1 is 1.45 bits per heavy atom. The summed E-state index contributed by atoms with van der Waals surface area (Å²) in [5, 5.41) is 0. The van der Waals surface area contributed by atoms with Gasteiger partial charge < -0.3 is 4.74 Å². The van der Waals surface area contributed by atoms with E-state index in [4.69, 9.17) is 4.74 Å². The zero-order valence-electron chi connectivity index (χ0n) is 7.88. The fraction of sp³-hybridized carbons (Fsp3) is 1.00. The second kappa shape index (κ2) is 3.54. The van der Waals surface area contributed by atoms with Crippen LogP contribution in [0.2, 0.25) is 0 Å². The van der Waals surface area contributed by atoms with Gasteiger partial charge in [-0.05, 0) is 20.8 Å². The van der Waals surface area contributed by atoms with Crippen molar-refractivity contribution >= 4 is 9.73 Å². The van der Waals surface area contributed by atoms with E-state index >= 15 is 0 Å². The molecule has 1 atom stereocenters. The van der Waals surface area contributed by atoms with Gasteiger partial charge in [0.25, 0.3) is 0 Å². The highest BCUT2D eigenvalue weighted by Gasteiger charge is 2.11. The van der Waals surface area contributed by atoms with Crippen LogP contribution in [0.25, 0.3) is 0 Å². The molecule has 1 unspecified atom stereocenters. The summed E-state index contributed by atoms with van der Waals surface area (Å²) >= 11 is 0. The largest absolute Gasteiger partial charge is 0.371 e. The second-order valence-electron chi connectivity index (χ2n) is 3.63. The Labute approximate surface area is 69.3 Å². The van der Waals surface area contributed by atoms with Crippen LogP contribution in [0.3, 0.4) is 0 Å². The van der Waals surface area contributed by atoms with Crippen LogP contribution in [0.4, 0.5) is 0 Å². The molecule has 0 spiro atoms. The van der Waals surface area contributed by atoms with Gasteiger partial charge >= 0.3 is 0 Å². The number of ether oxygens (including phenoxy) is 1. The van der Waals surface area contributed by atoms with Crippen molar-refractivity contribution in [2.75, 3.05) is 19.3 Å². The maximum atomic E-state index is 11.5. The molecule has 0 bridgehead atoms. The van der Waals surface area contributed by atoms with E-state index < -0.39 is 9.73 Å². The molecule has 4 heteroatoms. The molecule has 0 aromatic rings. The van der Waals surface area contributed by atoms with Gasteiger partial charge in [-0.25, -0.2) is 8.57 Å². The highest BCUT2D eigenvalue weighted by atomic mass is 32.2. The van der Waals surface area contributed by atoms with Gasteiger partial charge in [0.05, 0.1) is 15.3 Å². The molecule has 0 fully saturated rings. The first-order valence-electron chi connectivity index (χ1n) is 3.47. The first kappa shape index (κ1) is 10.9. The predicted molar refractivity (Wildman–Crippen MR) is 48.1 cm³/mol. The van der Waals surface area contributed by atoms with Gasteiger partial charge in [-0.3, -0.25) is 0 Å². The molecule has 68 valence electrons. The molecule has 0 radical (unpaired) electrons. The number of rotatable bonds is 2. The normalized spacial score (nSPS) is 17.5. The maximum Gasteiger partial charge on any atom is 0.129 e. The lowest BCUT2D eigenvalue weighted by molar-refractivity contribution is 0.253. The van der Waals surface area contributed by atoms with Gasteiger partial charge in [-0.2, -0.15) is 0 Å². The van der Waals surface area contributed by atoms with E-state index in [1.165, 1.54) is 7.11 Å². The van der Waals surface area contributed by atoms with E-state index in [0.29, 0.717) is 0 Å². The summed E-state index contributed by atoms with van der Waals surface area (Å²) in [6, 6.07) is 0. The van der Waals surface area contributed by atoms with Crippen LogP contribution in [0, 0.1) is 0 Å². The summed E-state index contributed by atoms with van der Waals surface area (Å²) in [7, 11) is -0.607. The molecule has 3 nitrogen and oxygen atoms in total. The van der Waals surface area contributed by atoms with Crippen molar-refractivity contribution in [1.29, 1.82) is 0 Å². The summed E-state index contributed by atoms with van der Waals surface area (Å²) in [6.45, 7) is 5.77. The molecule has 11 heavy (non-hydrogen) atoms. The molecule has 0 aliphatic carbocycles. The zero-order valence-corrected chi connectivity index (χ0v) is 8.70. The SMILES string of the molecule is COCS(C)(=O)=NC(C)(C)C. The Bertz CT molecular complexity index is 221. The average molecular weight is 179 g/mol. The van der Waals surface area contributed by atoms with E-state index in [0.717, 1.165) is 0 Å². The van der Waals surface area contributed by atoms with Crippen molar-refractivity contribution in [2.45, 2.75) is 26.3 Å². The van der Waals surface area contributed by atoms with Crippen molar-refractivity contribution < 1.29 is 8.95 Å². The summed E-state index contributed by atoms with van der Waals surface area (Å²) in [5.74, 6) is 0.213. The molecule has 0 saturated heterocycles. The van der Waals surface area contributed by atoms with Crippen LogP contribution < -0.4 is 0 Å². The molecule has 0 aliphatic heterocycles. The summed E-state index contributed by atoms with van der Waals surface area (Å²) in [6.07, 6.45) is 1.61. The molecule has 0 N–H and O–H groups in total. The minimum absolute atomic E-state index is 0.213. The Morgan fingerprint density at radius 2 is 1.91 bits per heavy atom. The van der Waals surface area contributed by atoms with E-state index in [9.17, 15) is 4.21 Å². The lowest BCUT2D eigenvalue weighted by atomic mass is 10.1. The number of nitrogens with zero attached hydrogens (tertiary/aromatic N) is 1. The predicted octanol–water partition coefficient (Wildman–Crippen LogP) is 1.49.